The van der Waals surface area contributed by atoms with Crippen molar-refractivity contribution < 1.29 is 18.7 Å². The van der Waals surface area contributed by atoms with Gasteiger partial charge in [-0.05, 0) is 24.6 Å². The van der Waals surface area contributed by atoms with Crippen molar-refractivity contribution in [1.29, 1.82) is 0 Å². The normalized spacial score (nSPS) is 23.3. The smallest absolute Gasteiger partial charge is 0.407 e. The highest BCUT2D eigenvalue weighted by Crippen LogP contribution is 2.34. The van der Waals surface area contributed by atoms with Gasteiger partial charge in [-0.25, -0.2) is 9.18 Å². The van der Waals surface area contributed by atoms with Gasteiger partial charge in [-0.2, -0.15) is 0 Å². The number of alkyl carbamates (subject to hydrolysis) is 1. The molecule has 0 aromatic heterocycles. The molecule has 1 aromatic rings. The zero-order chi connectivity index (χ0) is 16.6. The molecule has 6 nitrogen and oxygen atoms in total. The number of nitrogens with zero attached hydrogens (tertiary/aromatic N) is 1. The van der Waals surface area contributed by atoms with Gasteiger partial charge in [-0.1, -0.05) is 6.07 Å². The fourth-order valence-corrected chi connectivity index (χ4v) is 3.85. The van der Waals surface area contributed by atoms with E-state index in [0.717, 1.165) is 18.2 Å². The van der Waals surface area contributed by atoms with E-state index in [1.54, 1.807) is 30.8 Å². The van der Waals surface area contributed by atoms with Crippen LogP contribution in [0.3, 0.4) is 0 Å². The molecular formula is C15H18FN3O3S. The Morgan fingerprint density at radius 3 is 2.87 bits per heavy atom. The highest BCUT2D eigenvalue weighted by Gasteiger charge is 2.47. The molecule has 1 aromatic carbocycles. The van der Waals surface area contributed by atoms with Crippen molar-refractivity contribution >= 4 is 29.4 Å². The van der Waals surface area contributed by atoms with E-state index in [2.05, 4.69) is 5.32 Å². The van der Waals surface area contributed by atoms with Crippen LogP contribution in [0.5, 0.6) is 0 Å². The van der Waals surface area contributed by atoms with Crippen LogP contribution in [0, 0.1) is 5.82 Å². The quantitative estimate of drug-likeness (QED) is 0.861. The molecule has 0 aliphatic carbocycles. The predicted octanol–water partition coefficient (Wildman–Crippen LogP) is 1.19. The zero-order valence-electron chi connectivity index (χ0n) is 12.7. The fraction of sp³-hybridized carbons (Fsp3) is 0.467. The van der Waals surface area contributed by atoms with Crippen LogP contribution in [-0.2, 0) is 14.9 Å². The van der Waals surface area contributed by atoms with Crippen LogP contribution >= 0.6 is 11.8 Å². The molecule has 2 heterocycles. The van der Waals surface area contributed by atoms with E-state index in [9.17, 15) is 14.0 Å². The minimum absolute atomic E-state index is 0.157. The number of hydrogen-bond acceptors (Lipinski definition) is 5. The van der Waals surface area contributed by atoms with Gasteiger partial charge in [-0.15, -0.1) is 11.8 Å². The lowest BCUT2D eigenvalue weighted by Crippen LogP contribution is -2.49. The molecule has 0 bridgehead atoms. The first-order valence-electron chi connectivity index (χ1n) is 7.30. The first-order valence-corrected chi connectivity index (χ1v) is 8.45. The first kappa shape index (κ1) is 15.9. The lowest BCUT2D eigenvalue weighted by molar-refractivity contribution is -0.126. The molecule has 2 aliphatic rings. The number of carbonyl (C=O) groups is 2. The summed E-state index contributed by atoms with van der Waals surface area (Å²) in [6.45, 7) is 2.52. The molecule has 23 heavy (non-hydrogen) atoms. The van der Waals surface area contributed by atoms with Gasteiger partial charge in [0.2, 0.25) is 5.91 Å². The lowest BCUT2D eigenvalue weighted by Gasteiger charge is -2.31. The number of benzene rings is 1. The maximum atomic E-state index is 14.5. The SMILES string of the molecule is CC(C(N)=O)(c1ccc(N2CCSC2)c(F)c1)C1CNC(=O)O1. The average molecular weight is 339 g/mol. The van der Waals surface area contributed by atoms with E-state index < -0.39 is 29.3 Å². The van der Waals surface area contributed by atoms with Crippen molar-refractivity contribution in [2.45, 2.75) is 18.4 Å². The molecule has 2 unspecified atom stereocenters. The van der Waals surface area contributed by atoms with Gasteiger partial charge in [0.1, 0.15) is 17.3 Å². The standard InChI is InChI=1S/C15H18FN3O3S/c1-15(13(17)20,12-7-18-14(21)22-12)9-2-3-11(10(16)6-9)19-4-5-23-8-19/h2-3,6,12H,4-5,7-8H2,1H3,(H2,17,20)(H,18,21). The second kappa shape index (κ2) is 5.92. The summed E-state index contributed by atoms with van der Waals surface area (Å²) >= 11 is 1.74. The summed E-state index contributed by atoms with van der Waals surface area (Å²) in [5.41, 5.74) is 5.16. The number of carbonyl (C=O) groups excluding carboxylic acids is 2. The Hall–Kier alpha value is -1.96. The Labute approximate surface area is 137 Å². The number of thioether (sulfide) groups is 1. The first-order chi connectivity index (χ1) is 10.9. The van der Waals surface area contributed by atoms with Crippen molar-refractivity contribution in [3.8, 4) is 0 Å². The Balaban J connectivity index is 1.95. The average Bonchev–Trinajstić information content (AvgIpc) is 3.17. The molecule has 2 aliphatic heterocycles. The maximum Gasteiger partial charge on any atom is 0.407 e. The summed E-state index contributed by atoms with van der Waals surface area (Å²) in [5, 5.41) is 2.50. The van der Waals surface area contributed by atoms with E-state index in [1.807, 2.05) is 4.90 Å². The molecule has 0 spiro atoms. The number of rotatable bonds is 4. The Morgan fingerprint density at radius 2 is 2.35 bits per heavy atom. The van der Waals surface area contributed by atoms with Crippen LogP contribution in [0.1, 0.15) is 12.5 Å². The van der Waals surface area contributed by atoms with Crippen molar-refractivity contribution in [3.05, 3.63) is 29.6 Å². The molecule has 2 amide bonds. The Morgan fingerprint density at radius 1 is 1.57 bits per heavy atom. The molecule has 3 N–H and O–H groups in total. The van der Waals surface area contributed by atoms with Crippen LogP contribution in [0.15, 0.2) is 18.2 Å². The third kappa shape index (κ3) is 2.71. The van der Waals surface area contributed by atoms with Gasteiger partial charge in [0.05, 0.1) is 18.1 Å². The molecule has 3 rings (SSSR count). The third-order valence-corrected chi connectivity index (χ3v) is 5.44. The number of cyclic esters (lactones) is 1. The molecule has 2 atom stereocenters. The number of nitrogens with two attached hydrogens (primary N) is 1. The maximum absolute atomic E-state index is 14.5. The summed E-state index contributed by atoms with van der Waals surface area (Å²) in [6.07, 6.45) is -1.37. The topological polar surface area (TPSA) is 84.7 Å². The molecule has 2 fully saturated rings. The van der Waals surface area contributed by atoms with Gasteiger partial charge in [0, 0.05) is 12.3 Å². The van der Waals surface area contributed by atoms with Crippen LogP contribution in [-0.4, -0.2) is 42.8 Å². The lowest BCUT2D eigenvalue weighted by atomic mass is 9.76. The Bertz CT molecular complexity index is 651. The minimum atomic E-state index is -1.29. The van der Waals surface area contributed by atoms with E-state index in [-0.39, 0.29) is 6.54 Å². The second-order valence-corrected chi connectivity index (χ2v) is 6.88. The second-order valence-electron chi connectivity index (χ2n) is 5.81. The van der Waals surface area contributed by atoms with E-state index in [4.69, 9.17) is 10.5 Å². The minimum Gasteiger partial charge on any atom is -0.443 e. The van der Waals surface area contributed by atoms with E-state index in [0.29, 0.717) is 11.3 Å². The summed E-state index contributed by atoms with van der Waals surface area (Å²) in [5.74, 6) is 0.634. The number of nitrogens with one attached hydrogen (secondary N) is 1. The van der Waals surface area contributed by atoms with Crippen LogP contribution < -0.4 is 16.0 Å². The Kier molecular flexibility index (Phi) is 4.09. The number of anilines is 1. The molecule has 0 saturated carbocycles. The number of ether oxygens (including phenoxy) is 1. The predicted molar refractivity (Wildman–Crippen MR) is 85.9 cm³/mol. The van der Waals surface area contributed by atoms with Gasteiger partial charge < -0.3 is 20.7 Å². The van der Waals surface area contributed by atoms with Crippen molar-refractivity contribution in [2.75, 3.05) is 29.6 Å². The van der Waals surface area contributed by atoms with Crippen molar-refractivity contribution in [3.63, 3.8) is 0 Å². The van der Waals surface area contributed by atoms with Gasteiger partial charge in [-0.3, -0.25) is 4.79 Å². The van der Waals surface area contributed by atoms with Crippen LogP contribution in [0.2, 0.25) is 0 Å². The highest BCUT2D eigenvalue weighted by atomic mass is 32.2. The number of amides is 2. The van der Waals surface area contributed by atoms with Crippen molar-refractivity contribution in [2.24, 2.45) is 5.73 Å². The summed E-state index contributed by atoms with van der Waals surface area (Å²) < 4.78 is 19.7. The van der Waals surface area contributed by atoms with E-state index >= 15 is 0 Å². The zero-order valence-corrected chi connectivity index (χ0v) is 13.5. The number of hydrogen-bond donors (Lipinski definition) is 2. The highest BCUT2D eigenvalue weighted by molar-refractivity contribution is 7.99. The van der Waals surface area contributed by atoms with Gasteiger partial charge in [0.25, 0.3) is 0 Å². The van der Waals surface area contributed by atoms with E-state index in [1.165, 1.54) is 6.07 Å². The molecule has 0 radical (unpaired) electrons. The third-order valence-electron chi connectivity index (χ3n) is 4.48. The van der Waals surface area contributed by atoms with Crippen LogP contribution in [0.4, 0.5) is 14.9 Å². The molecule has 124 valence electrons. The van der Waals surface area contributed by atoms with Crippen molar-refractivity contribution in [1.82, 2.24) is 5.32 Å². The summed E-state index contributed by atoms with van der Waals surface area (Å²) in [7, 11) is 0. The monoisotopic (exact) mass is 339 g/mol. The molecular weight excluding hydrogens is 321 g/mol. The fourth-order valence-electron chi connectivity index (χ4n) is 2.89. The van der Waals surface area contributed by atoms with Gasteiger partial charge in [0.15, 0.2) is 0 Å². The number of halogens is 1. The molecule has 2 saturated heterocycles. The van der Waals surface area contributed by atoms with Crippen LogP contribution in [0.25, 0.3) is 0 Å². The van der Waals surface area contributed by atoms with Gasteiger partial charge >= 0.3 is 6.09 Å². The summed E-state index contributed by atoms with van der Waals surface area (Å²) in [4.78, 5) is 25.3. The number of primary amides is 1. The largest absolute Gasteiger partial charge is 0.443 e. The summed E-state index contributed by atoms with van der Waals surface area (Å²) in [6, 6.07) is 4.65. The molecule has 8 heteroatoms.